The fourth-order valence-corrected chi connectivity index (χ4v) is 11.1. The maximum Gasteiger partial charge on any atom is 0.106 e. The second-order valence-electron chi connectivity index (χ2n) is 28.9. The van der Waals surface area contributed by atoms with E-state index in [1.54, 1.807) is 6.26 Å². The first-order valence-corrected chi connectivity index (χ1v) is 38.0. The van der Waals surface area contributed by atoms with Crippen molar-refractivity contribution in [1.29, 1.82) is 0 Å². The second kappa shape index (κ2) is 46.3. The maximum absolute atomic E-state index is 5.61. The summed E-state index contributed by atoms with van der Waals surface area (Å²) in [5.74, 6) is 12.0. The van der Waals surface area contributed by atoms with E-state index in [1.165, 1.54) is 46.9 Å². The molecule has 0 atom stereocenters. The predicted molar refractivity (Wildman–Crippen MR) is 424 cm³/mol. The zero-order valence-electron chi connectivity index (χ0n) is 65.4. The molecule has 0 saturated heterocycles. The minimum atomic E-state index is 0.502. The van der Waals surface area contributed by atoms with Gasteiger partial charge in [0.05, 0.1) is 6.26 Å². The molecule has 95 heavy (non-hydrogen) atoms. The van der Waals surface area contributed by atoms with Crippen molar-refractivity contribution in [3.05, 3.63) is 234 Å². The van der Waals surface area contributed by atoms with Crippen molar-refractivity contribution in [3.63, 3.8) is 0 Å². The standard InChI is InChI=1S/2C10H17N.C10H16O.C10H16S.C8H13N.C8H12O.C8H12S.C7H11N.C7H10O.C7H10S/c1-8(2)10-5-6-11(7-10)9(3)4;3*1-7(2)9-5-6-10(11-9)8(3)4;1-7(2)9-5-4-8(3)6-9;2*1-6(2)8-5-4-7(3)9-8;1-7(2)8-5-3-4-6-8;2*1-6(2)7-4-3-5-8-7/h5-9H,1-4H3;5-8,11H,1-4H3;2*5-8H,1-4H3;4-7H,1-3H3;2*4-6H,1-3H3;3-7H,1-2H3;2*3-6H,1-2H3. The number of aromatic nitrogens is 4. The molecule has 0 unspecified atom stereocenters. The van der Waals surface area contributed by atoms with Crippen LogP contribution in [0.5, 0.6) is 0 Å². The summed E-state index contributed by atoms with van der Waals surface area (Å²) in [6, 6.07) is 39.8. The van der Waals surface area contributed by atoms with Crippen molar-refractivity contribution >= 4 is 34.0 Å². The van der Waals surface area contributed by atoms with E-state index in [1.807, 2.05) is 77.3 Å². The molecule has 7 nitrogen and oxygen atoms in total. The number of hydrogen-bond donors (Lipinski definition) is 1. The molecular formula is C85H134N4O3S3. The van der Waals surface area contributed by atoms with Gasteiger partial charge in [0.2, 0.25) is 0 Å². The summed E-state index contributed by atoms with van der Waals surface area (Å²) >= 11 is 5.68. The van der Waals surface area contributed by atoms with E-state index in [-0.39, 0.29) is 0 Å². The number of thiophene rings is 3. The van der Waals surface area contributed by atoms with Crippen LogP contribution in [-0.4, -0.2) is 18.7 Å². The van der Waals surface area contributed by atoms with Crippen molar-refractivity contribution in [1.82, 2.24) is 18.7 Å². The SMILES string of the molecule is CC(C)c1ccc(C(C)C)[nH]1.CC(C)c1ccc(C(C)C)o1.CC(C)c1ccc(C(C)C)s1.CC(C)c1ccco1.CC(C)c1cccs1.CC(C)c1ccn(C(C)C)c1.CC(C)n1cccc1.Cc1ccc(C(C)C)o1.Cc1ccc(C(C)C)s1.Cc1ccn(C(C)C)c1. The Morgan fingerprint density at radius 2 is 0.758 bits per heavy atom. The first kappa shape index (κ1) is 87.1. The maximum atomic E-state index is 5.61. The quantitative estimate of drug-likeness (QED) is 0.118. The summed E-state index contributed by atoms with van der Waals surface area (Å²) < 4.78 is 22.7. The summed E-state index contributed by atoms with van der Waals surface area (Å²) in [5.41, 5.74) is 5.45. The Morgan fingerprint density at radius 3 is 0.979 bits per heavy atom. The molecule has 10 aromatic rings. The van der Waals surface area contributed by atoms with E-state index in [9.17, 15) is 0 Å². The van der Waals surface area contributed by atoms with Crippen LogP contribution in [0.25, 0.3) is 0 Å². The number of furan rings is 3. The van der Waals surface area contributed by atoms with Gasteiger partial charge < -0.3 is 31.9 Å². The van der Waals surface area contributed by atoms with E-state index < -0.39 is 0 Å². The van der Waals surface area contributed by atoms with Crippen LogP contribution in [-0.2, 0) is 0 Å². The number of H-pyrrole nitrogens is 1. The van der Waals surface area contributed by atoms with Gasteiger partial charge in [-0.2, -0.15) is 0 Å². The predicted octanol–water partition coefficient (Wildman–Crippen LogP) is 29.6. The van der Waals surface area contributed by atoms with Crippen molar-refractivity contribution < 1.29 is 13.3 Å². The number of aromatic amines is 1. The fraction of sp³-hybridized carbons (Fsp3) is 0.529. The summed E-state index contributed by atoms with van der Waals surface area (Å²) in [7, 11) is 0. The molecule has 1 N–H and O–H groups in total. The topological polar surface area (TPSA) is 70.0 Å². The Bertz CT molecular complexity index is 2870. The number of nitrogens with zero attached hydrogens (tertiary/aromatic N) is 3. The third-order valence-corrected chi connectivity index (χ3v) is 19.3. The Kier molecular flexibility index (Phi) is 42.4. The van der Waals surface area contributed by atoms with Gasteiger partial charge in [-0.25, -0.2) is 0 Å². The molecule has 530 valence electrons. The van der Waals surface area contributed by atoms with E-state index in [0.717, 1.165) is 28.8 Å². The highest BCUT2D eigenvalue weighted by Crippen LogP contribution is 2.30. The van der Waals surface area contributed by atoms with Gasteiger partial charge in [0, 0.05) is 115 Å². The van der Waals surface area contributed by atoms with Gasteiger partial charge in [-0.1, -0.05) is 158 Å². The zero-order valence-corrected chi connectivity index (χ0v) is 67.8. The molecule has 0 saturated carbocycles. The average molecular weight is 1360 g/mol. The lowest BCUT2D eigenvalue weighted by molar-refractivity contribution is 0.432. The molecule has 0 aliphatic carbocycles. The Labute approximate surface area is 593 Å². The van der Waals surface area contributed by atoms with Crippen LogP contribution < -0.4 is 0 Å². The largest absolute Gasteiger partial charge is 0.469 e. The third kappa shape index (κ3) is 36.3. The number of nitrogens with one attached hydrogen (secondary N) is 1. The van der Waals surface area contributed by atoms with Gasteiger partial charge in [0.25, 0.3) is 0 Å². The molecule has 0 spiro atoms. The fourth-order valence-electron chi connectivity index (χ4n) is 8.48. The molecular weight excluding hydrogens is 1220 g/mol. The highest BCUT2D eigenvalue weighted by Gasteiger charge is 2.10. The minimum Gasteiger partial charge on any atom is -0.469 e. The van der Waals surface area contributed by atoms with Gasteiger partial charge in [0.1, 0.15) is 28.8 Å². The molecule has 0 radical (unpaired) electrons. The normalized spacial score (nSPS) is 11.0. The van der Waals surface area contributed by atoms with E-state index in [4.69, 9.17) is 13.3 Å². The van der Waals surface area contributed by atoms with Gasteiger partial charge in [0.15, 0.2) is 0 Å². The minimum absolute atomic E-state index is 0.502. The van der Waals surface area contributed by atoms with Crippen molar-refractivity contribution in [2.45, 2.75) is 298 Å². The summed E-state index contributed by atoms with van der Waals surface area (Å²) in [6.07, 6.45) is 14.5. The molecule has 10 rings (SSSR count). The van der Waals surface area contributed by atoms with Crippen LogP contribution in [0.1, 0.15) is 353 Å². The second-order valence-corrected chi connectivity index (χ2v) is 32.4. The van der Waals surface area contributed by atoms with Crippen molar-refractivity contribution in [2.75, 3.05) is 0 Å². The molecule has 0 aliphatic heterocycles. The van der Waals surface area contributed by atoms with Crippen LogP contribution >= 0.6 is 34.0 Å². The highest BCUT2D eigenvalue weighted by molar-refractivity contribution is 7.12. The lowest BCUT2D eigenvalue weighted by Gasteiger charge is -2.06. The Balaban J connectivity index is 0.000000529. The molecule has 0 fully saturated rings. The number of aryl methyl sites for hydroxylation is 3. The van der Waals surface area contributed by atoms with Crippen LogP contribution in [0.3, 0.4) is 0 Å². The molecule has 0 bridgehead atoms. The molecule has 0 aromatic carbocycles. The van der Waals surface area contributed by atoms with Crippen molar-refractivity contribution in [2.24, 2.45) is 0 Å². The zero-order chi connectivity index (χ0) is 72.2. The van der Waals surface area contributed by atoms with Crippen LogP contribution in [0.4, 0.5) is 0 Å². The van der Waals surface area contributed by atoms with Crippen LogP contribution in [0.15, 0.2) is 171 Å². The monoisotopic (exact) mass is 1350 g/mol. The van der Waals surface area contributed by atoms with E-state index in [2.05, 4.69) is 342 Å². The summed E-state index contributed by atoms with van der Waals surface area (Å²) in [4.78, 5) is 10.8. The first-order valence-electron chi connectivity index (χ1n) is 35.5. The average Bonchev–Trinajstić information content (AvgIpc) is 3.10. The van der Waals surface area contributed by atoms with E-state index >= 15 is 0 Å². The molecule has 10 heterocycles. The van der Waals surface area contributed by atoms with Crippen LogP contribution in [0, 0.1) is 20.8 Å². The van der Waals surface area contributed by atoms with Gasteiger partial charge >= 0.3 is 0 Å². The number of rotatable bonds is 14. The smallest absolute Gasteiger partial charge is 0.106 e. The summed E-state index contributed by atoms with van der Waals surface area (Å²) in [6.45, 7) is 67.5. The third-order valence-electron chi connectivity index (χ3n) is 15.1. The van der Waals surface area contributed by atoms with Gasteiger partial charge in [-0.3, -0.25) is 0 Å². The van der Waals surface area contributed by atoms with Crippen LogP contribution in [0.2, 0.25) is 0 Å². The molecule has 0 aliphatic rings. The highest BCUT2D eigenvalue weighted by atomic mass is 32.1. The first-order chi connectivity index (χ1) is 44.4. The van der Waals surface area contributed by atoms with E-state index in [0.29, 0.717) is 83.2 Å². The number of hydrogen-bond acceptors (Lipinski definition) is 6. The summed E-state index contributed by atoms with van der Waals surface area (Å²) in [5, 5.41) is 2.12. The lowest BCUT2D eigenvalue weighted by atomic mass is 10.1. The lowest BCUT2D eigenvalue weighted by Crippen LogP contribution is -1.96. The van der Waals surface area contributed by atoms with Gasteiger partial charge in [-0.05, 0) is 223 Å². The molecule has 10 heteroatoms. The van der Waals surface area contributed by atoms with Crippen molar-refractivity contribution in [3.8, 4) is 0 Å². The Hall–Kier alpha value is -5.94. The Morgan fingerprint density at radius 1 is 0.326 bits per heavy atom. The molecule has 10 aromatic heterocycles. The van der Waals surface area contributed by atoms with Gasteiger partial charge in [-0.15, -0.1) is 34.0 Å². The molecule has 0 amide bonds.